The highest BCUT2D eigenvalue weighted by molar-refractivity contribution is 5.22. The summed E-state index contributed by atoms with van der Waals surface area (Å²) in [5.41, 5.74) is 5.78. The van der Waals surface area contributed by atoms with Crippen LogP contribution in [0.1, 0.15) is 37.7 Å². The Bertz CT molecular complexity index is 349. The number of rotatable bonds is 6. The van der Waals surface area contributed by atoms with E-state index in [1.807, 2.05) is 30.3 Å². The third-order valence-electron chi connectivity index (χ3n) is 3.79. The molecule has 18 heavy (non-hydrogen) atoms. The first-order valence-electron chi connectivity index (χ1n) is 6.84. The molecule has 0 amide bonds. The Hall–Kier alpha value is -0.900. The predicted molar refractivity (Wildman–Crippen MR) is 72.2 cm³/mol. The second-order valence-electron chi connectivity index (χ2n) is 5.13. The van der Waals surface area contributed by atoms with E-state index < -0.39 is 5.60 Å². The Labute approximate surface area is 109 Å². The number of hydrogen-bond acceptors (Lipinski definition) is 3. The molecular weight excluding hydrogens is 226 g/mol. The van der Waals surface area contributed by atoms with Crippen LogP contribution in [0, 0.1) is 0 Å². The van der Waals surface area contributed by atoms with E-state index >= 15 is 0 Å². The van der Waals surface area contributed by atoms with Gasteiger partial charge in [0.1, 0.15) is 5.60 Å². The van der Waals surface area contributed by atoms with Crippen LogP contribution in [0.15, 0.2) is 30.3 Å². The summed E-state index contributed by atoms with van der Waals surface area (Å²) in [4.78, 5) is 0. The molecule has 0 spiro atoms. The summed E-state index contributed by atoms with van der Waals surface area (Å²) in [7, 11) is 0. The maximum atomic E-state index is 10.6. The van der Waals surface area contributed by atoms with Crippen LogP contribution in [0.2, 0.25) is 0 Å². The van der Waals surface area contributed by atoms with Gasteiger partial charge < -0.3 is 15.6 Å². The Balaban J connectivity index is 1.87. The van der Waals surface area contributed by atoms with Gasteiger partial charge in [-0.2, -0.15) is 0 Å². The molecule has 1 aliphatic heterocycles. The van der Waals surface area contributed by atoms with Crippen molar-refractivity contribution in [2.45, 2.75) is 43.8 Å². The van der Waals surface area contributed by atoms with Crippen molar-refractivity contribution in [2.75, 3.05) is 13.2 Å². The molecule has 3 nitrogen and oxygen atoms in total. The van der Waals surface area contributed by atoms with Crippen LogP contribution in [0.25, 0.3) is 0 Å². The highest BCUT2D eigenvalue weighted by atomic mass is 16.5. The molecule has 3 heteroatoms. The summed E-state index contributed by atoms with van der Waals surface area (Å²) in [5, 5.41) is 10.6. The van der Waals surface area contributed by atoms with Gasteiger partial charge in [-0.3, -0.25) is 0 Å². The van der Waals surface area contributed by atoms with Gasteiger partial charge in [-0.05, 0) is 37.7 Å². The van der Waals surface area contributed by atoms with E-state index in [2.05, 4.69) is 0 Å². The van der Waals surface area contributed by atoms with Gasteiger partial charge in [0.25, 0.3) is 0 Å². The lowest BCUT2D eigenvalue weighted by Gasteiger charge is -2.27. The van der Waals surface area contributed by atoms with Gasteiger partial charge in [0.15, 0.2) is 0 Å². The minimum Gasteiger partial charge on any atom is -0.384 e. The van der Waals surface area contributed by atoms with Crippen LogP contribution in [-0.2, 0) is 10.3 Å². The molecular formula is C15H23NO2. The summed E-state index contributed by atoms with van der Waals surface area (Å²) in [5.74, 6) is 0. The third kappa shape index (κ3) is 3.31. The monoisotopic (exact) mass is 249 g/mol. The van der Waals surface area contributed by atoms with Gasteiger partial charge in [-0.15, -0.1) is 0 Å². The van der Waals surface area contributed by atoms with Gasteiger partial charge in [-0.25, -0.2) is 0 Å². The Kier molecular flexibility index (Phi) is 4.75. The minimum absolute atomic E-state index is 0.266. The molecule has 1 fully saturated rings. The molecule has 0 aromatic heterocycles. The number of aliphatic hydroxyl groups is 1. The number of ether oxygens (including phenoxy) is 1. The van der Waals surface area contributed by atoms with Crippen LogP contribution >= 0.6 is 0 Å². The molecule has 0 radical (unpaired) electrons. The van der Waals surface area contributed by atoms with Crippen LogP contribution in [-0.4, -0.2) is 24.4 Å². The smallest absolute Gasteiger partial charge is 0.102 e. The summed E-state index contributed by atoms with van der Waals surface area (Å²) < 4.78 is 5.59. The second-order valence-corrected chi connectivity index (χ2v) is 5.13. The van der Waals surface area contributed by atoms with Gasteiger partial charge in [0.05, 0.1) is 6.10 Å². The maximum Gasteiger partial charge on any atom is 0.102 e. The largest absolute Gasteiger partial charge is 0.384 e. The van der Waals surface area contributed by atoms with Gasteiger partial charge in [0.2, 0.25) is 0 Å². The molecule has 2 unspecified atom stereocenters. The second kappa shape index (κ2) is 6.32. The van der Waals surface area contributed by atoms with E-state index in [0.717, 1.165) is 31.4 Å². The van der Waals surface area contributed by atoms with E-state index in [0.29, 0.717) is 12.5 Å². The molecule has 1 aliphatic rings. The fraction of sp³-hybridized carbons (Fsp3) is 0.600. The average molecular weight is 249 g/mol. The lowest BCUT2D eigenvalue weighted by Crippen LogP contribution is -2.35. The van der Waals surface area contributed by atoms with Crippen molar-refractivity contribution in [2.24, 2.45) is 5.73 Å². The summed E-state index contributed by atoms with van der Waals surface area (Å²) in [6, 6.07) is 9.72. The molecule has 3 N–H and O–H groups in total. The molecule has 100 valence electrons. The number of nitrogens with two attached hydrogens (primary N) is 1. The number of hydrogen-bond donors (Lipinski definition) is 2. The highest BCUT2D eigenvalue weighted by Crippen LogP contribution is 2.27. The molecule has 0 saturated carbocycles. The first-order chi connectivity index (χ1) is 8.74. The first-order valence-corrected chi connectivity index (χ1v) is 6.84. The predicted octanol–water partition coefficient (Wildman–Crippen LogP) is 2.18. The Morgan fingerprint density at radius 1 is 1.33 bits per heavy atom. The first kappa shape index (κ1) is 13.5. The summed E-state index contributed by atoms with van der Waals surface area (Å²) in [6.45, 7) is 1.16. The maximum absolute atomic E-state index is 10.6. The topological polar surface area (TPSA) is 55.5 Å². The van der Waals surface area contributed by atoms with Crippen molar-refractivity contribution in [3.63, 3.8) is 0 Å². The lowest BCUT2D eigenvalue weighted by molar-refractivity contribution is 0.0276. The van der Waals surface area contributed by atoms with Crippen molar-refractivity contribution in [1.82, 2.24) is 0 Å². The molecule has 1 saturated heterocycles. The SMILES string of the molecule is NCC(O)(CCCC1CCCO1)c1ccccc1. The van der Waals surface area contributed by atoms with Crippen LogP contribution in [0.5, 0.6) is 0 Å². The summed E-state index contributed by atoms with van der Waals surface area (Å²) >= 11 is 0. The Morgan fingerprint density at radius 2 is 2.11 bits per heavy atom. The fourth-order valence-electron chi connectivity index (χ4n) is 2.61. The van der Waals surface area contributed by atoms with E-state index in [1.165, 1.54) is 6.42 Å². The molecule has 1 aromatic rings. The molecule has 2 atom stereocenters. The zero-order valence-electron chi connectivity index (χ0n) is 10.8. The van der Waals surface area contributed by atoms with Crippen LogP contribution in [0.3, 0.4) is 0 Å². The summed E-state index contributed by atoms with van der Waals surface area (Å²) in [6.07, 6.45) is 5.40. The average Bonchev–Trinajstić information content (AvgIpc) is 2.93. The minimum atomic E-state index is -0.889. The molecule has 1 heterocycles. The zero-order valence-corrected chi connectivity index (χ0v) is 10.8. The number of benzene rings is 1. The lowest BCUT2D eigenvalue weighted by atomic mass is 9.88. The molecule has 2 rings (SSSR count). The van der Waals surface area contributed by atoms with Crippen LogP contribution in [0.4, 0.5) is 0 Å². The van der Waals surface area contributed by atoms with E-state index in [9.17, 15) is 5.11 Å². The third-order valence-corrected chi connectivity index (χ3v) is 3.79. The van der Waals surface area contributed by atoms with Gasteiger partial charge in [-0.1, -0.05) is 30.3 Å². The van der Waals surface area contributed by atoms with Gasteiger partial charge >= 0.3 is 0 Å². The van der Waals surface area contributed by atoms with E-state index in [-0.39, 0.29) is 6.54 Å². The zero-order chi connectivity index (χ0) is 12.8. The molecule has 1 aromatic carbocycles. The van der Waals surface area contributed by atoms with Gasteiger partial charge in [0, 0.05) is 13.2 Å². The highest BCUT2D eigenvalue weighted by Gasteiger charge is 2.27. The standard InChI is InChI=1S/C15H23NO2/c16-12-15(17,13-6-2-1-3-7-13)10-4-8-14-9-5-11-18-14/h1-3,6-7,14,17H,4-5,8-12,16H2. The van der Waals surface area contributed by atoms with Crippen molar-refractivity contribution in [1.29, 1.82) is 0 Å². The van der Waals surface area contributed by atoms with Crippen molar-refractivity contribution >= 4 is 0 Å². The molecule has 0 bridgehead atoms. The quantitative estimate of drug-likeness (QED) is 0.812. The van der Waals surface area contributed by atoms with Crippen molar-refractivity contribution < 1.29 is 9.84 Å². The molecule has 0 aliphatic carbocycles. The van der Waals surface area contributed by atoms with Crippen molar-refractivity contribution in [3.8, 4) is 0 Å². The Morgan fingerprint density at radius 3 is 2.72 bits per heavy atom. The fourth-order valence-corrected chi connectivity index (χ4v) is 2.61. The van der Waals surface area contributed by atoms with E-state index in [1.54, 1.807) is 0 Å². The van der Waals surface area contributed by atoms with E-state index in [4.69, 9.17) is 10.5 Å². The van der Waals surface area contributed by atoms with Crippen molar-refractivity contribution in [3.05, 3.63) is 35.9 Å². The van der Waals surface area contributed by atoms with Crippen LogP contribution < -0.4 is 5.73 Å². The normalized spacial score (nSPS) is 22.9.